The second-order valence-electron chi connectivity index (χ2n) is 5.77. The molecule has 1 aliphatic rings. The van der Waals surface area contributed by atoms with Gasteiger partial charge in [0.1, 0.15) is 19.3 Å². The molecule has 0 aromatic rings. The van der Waals surface area contributed by atoms with Gasteiger partial charge in [0, 0.05) is 25.7 Å². The van der Waals surface area contributed by atoms with Gasteiger partial charge in [0.05, 0.1) is 0 Å². The van der Waals surface area contributed by atoms with Crippen LogP contribution in [0, 0.1) is 6.61 Å². The van der Waals surface area contributed by atoms with Gasteiger partial charge in [0.15, 0.2) is 18.3 Å². The summed E-state index contributed by atoms with van der Waals surface area (Å²) in [5, 5.41) is 0. The maximum Gasteiger partial charge on any atom is 0.306 e. The Labute approximate surface area is 158 Å². The number of carbonyl (C=O) groups excluding carboxylic acids is 4. The fourth-order valence-corrected chi connectivity index (χ4v) is 2.22. The fraction of sp³-hybridized carbons (Fsp3) is 0.722. The molecular weight excluding hydrogens is 360 g/mol. The molecule has 0 unspecified atom stereocenters. The molecule has 0 aromatic heterocycles. The molecule has 1 aliphatic heterocycles. The maximum atomic E-state index is 11.9. The van der Waals surface area contributed by atoms with Crippen molar-refractivity contribution >= 4 is 23.9 Å². The minimum atomic E-state index is -1.11. The fourth-order valence-electron chi connectivity index (χ4n) is 2.22. The first-order chi connectivity index (χ1) is 12.9. The Morgan fingerprint density at radius 1 is 0.741 bits per heavy atom. The van der Waals surface area contributed by atoms with E-state index in [9.17, 15) is 19.2 Å². The van der Waals surface area contributed by atoms with E-state index in [1.165, 1.54) is 6.61 Å². The van der Waals surface area contributed by atoms with E-state index in [1.54, 1.807) is 27.7 Å². The summed E-state index contributed by atoms with van der Waals surface area (Å²) in [5.74, 6) is -2.11. The number of hydrogen-bond donors (Lipinski definition) is 0. The third-order valence-electron chi connectivity index (χ3n) is 3.77. The van der Waals surface area contributed by atoms with Gasteiger partial charge >= 0.3 is 23.9 Å². The molecule has 1 fully saturated rings. The predicted molar refractivity (Wildman–Crippen MR) is 90.9 cm³/mol. The molecule has 9 heteroatoms. The van der Waals surface area contributed by atoms with Crippen molar-refractivity contribution in [2.75, 3.05) is 6.61 Å². The van der Waals surface area contributed by atoms with Gasteiger partial charge in [0.2, 0.25) is 0 Å². The van der Waals surface area contributed by atoms with Crippen LogP contribution in [0.25, 0.3) is 0 Å². The lowest BCUT2D eigenvalue weighted by atomic mass is 9.99. The van der Waals surface area contributed by atoms with Gasteiger partial charge < -0.3 is 23.7 Å². The molecule has 1 heterocycles. The van der Waals surface area contributed by atoms with Crippen LogP contribution in [0.15, 0.2) is 0 Å². The van der Waals surface area contributed by atoms with E-state index in [1.807, 2.05) is 0 Å². The molecule has 1 radical (unpaired) electrons. The second-order valence-corrected chi connectivity index (χ2v) is 5.77. The molecule has 0 N–H and O–H groups in total. The zero-order valence-electron chi connectivity index (χ0n) is 16.1. The van der Waals surface area contributed by atoms with E-state index in [0.29, 0.717) is 0 Å². The van der Waals surface area contributed by atoms with E-state index < -0.39 is 48.3 Å². The van der Waals surface area contributed by atoms with Gasteiger partial charge in [-0.25, -0.2) is 0 Å². The van der Waals surface area contributed by atoms with Crippen LogP contribution >= 0.6 is 0 Å². The van der Waals surface area contributed by atoms with Crippen molar-refractivity contribution in [2.45, 2.75) is 77.8 Å². The summed E-state index contributed by atoms with van der Waals surface area (Å²) in [5.41, 5.74) is 0. The van der Waals surface area contributed by atoms with Crippen LogP contribution in [-0.4, -0.2) is 54.9 Å². The first kappa shape index (κ1) is 22.9. The number of carbonyl (C=O) groups is 4. The van der Waals surface area contributed by atoms with Crippen molar-refractivity contribution < 1.29 is 42.9 Å². The first-order valence-electron chi connectivity index (χ1n) is 9.08. The lowest BCUT2D eigenvalue weighted by Gasteiger charge is -2.40. The van der Waals surface area contributed by atoms with Gasteiger partial charge in [-0.2, -0.15) is 0 Å². The zero-order chi connectivity index (χ0) is 20.4. The summed E-state index contributed by atoms with van der Waals surface area (Å²) >= 11 is 0. The molecule has 0 aromatic carbocycles. The highest BCUT2D eigenvalue weighted by Crippen LogP contribution is 2.27. The van der Waals surface area contributed by atoms with Crippen LogP contribution in [0.3, 0.4) is 0 Å². The normalized spacial score (nSPS) is 24.6. The van der Waals surface area contributed by atoms with Crippen molar-refractivity contribution in [3.63, 3.8) is 0 Å². The average Bonchev–Trinajstić information content (AvgIpc) is 2.68. The molecule has 1 saturated heterocycles. The van der Waals surface area contributed by atoms with Gasteiger partial charge in [-0.15, -0.1) is 0 Å². The van der Waals surface area contributed by atoms with Crippen molar-refractivity contribution in [3.05, 3.63) is 6.61 Å². The van der Waals surface area contributed by atoms with Crippen LogP contribution in [0.1, 0.15) is 53.4 Å². The number of rotatable bonds is 9. The lowest BCUT2D eigenvalue weighted by Crippen LogP contribution is -2.57. The largest absolute Gasteiger partial charge is 0.463 e. The highest BCUT2D eigenvalue weighted by molar-refractivity contribution is 5.71. The molecule has 9 nitrogen and oxygen atoms in total. The smallest absolute Gasteiger partial charge is 0.306 e. The van der Waals surface area contributed by atoms with Crippen molar-refractivity contribution in [2.24, 2.45) is 0 Å². The van der Waals surface area contributed by atoms with Crippen LogP contribution < -0.4 is 0 Å². The van der Waals surface area contributed by atoms with Crippen molar-refractivity contribution in [1.82, 2.24) is 0 Å². The molecular formula is C18H27O9. The van der Waals surface area contributed by atoms with Gasteiger partial charge in [-0.05, 0) is 0 Å². The van der Waals surface area contributed by atoms with E-state index in [0.717, 1.165) is 0 Å². The highest BCUT2D eigenvalue weighted by atomic mass is 16.7. The topological polar surface area (TPSA) is 114 Å². The summed E-state index contributed by atoms with van der Waals surface area (Å²) in [6.07, 6.45) is -3.73. The molecule has 0 amide bonds. The minimum Gasteiger partial charge on any atom is -0.463 e. The van der Waals surface area contributed by atoms with E-state index >= 15 is 0 Å². The standard InChI is InChI=1S/C18H27O9/c1-5-13(19)24-9-11-17(26-15(21)7-3)18(27-16(22)8-4)12(10-23-11)25-14(20)6-2/h10-12,17-18H,5-9H2,1-4H3/t11-,12+,17-,18-/m1/s1. The highest BCUT2D eigenvalue weighted by Gasteiger charge is 2.48. The first-order valence-corrected chi connectivity index (χ1v) is 9.08. The molecule has 153 valence electrons. The Balaban J connectivity index is 3.05. The Bertz CT molecular complexity index is 531. The third kappa shape index (κ3) is 7.16. The van der Waals surface area contributed by atoms with Crippen LogP contribution in [0.2, 0.25) is 0 Å². The summed E-state index contributed by atoms with van der Waals surface area (Å²) in [6.45, 7) is 7.44. The minimum absolute atomic E-state index is 0.0789. The summed E-state index contributed by atoms with van der Waals surface area (Å²) < 4.78 is 26.6. The Kier molecular flexibility index (Phi) is 9.77. The van der Waals surface area contributed by atoms with Gasteiger partial charge in [0.25, 0.3) is 0 Å². The number of esters is 4. The Morgan fingerprint density at radius 2 is 1.22 bits per heavy atom. The second kappa shape index (κ2) is 11.5. The number of hydrogen-bond acceptors (Lipinski definition) is 9. The lowest BCUT2D eigenvalue weighted by molar-refractivity contribution is -0.219. The molecule has 4 atom stereocenters. The molecule has 0 bridgehead atoms. The molecule has 0 aliphatic carbocycles. The SMILES string of the molecule is CCC(=O)OC[C@H]1O[CH][C@H](OC(=O)CC)[C@@H](OC(=O)CC)[C@@H]1OC(=O)CC. The third-order valence-corrected chi connectivity index (χ3v) is 3.77. The summed E-state index contributed by atoms with van der Waals surface area (Å²) in [4.78, 5) is 46.8. The van der Waals surface area contributed by atoms with Gasteiger partial charge in [-0.3, -0.25) is 19.2 Å². The molecule has 1 rings (SSSR count). The Hall–Kier alpha value is -2.16. The van der Waals surface area contributed by atoms with E-state index in [-0.39, 0.29) is 32.3 Å². The monoisotopic (exact) mass is 387 g/mol. The van der Waals surface area contributed by atoms with E-state index in [2.05, 4.69) is 0 Å². The predicted octanol–water partition coefficient (Wildman–Crippen LogP) is 1.47. The summed E-state index contributed by atoms with van der Waals surface area (Å²) in [6, 6.07) is 0. The van der Waals surface area contributed by atoms with Crippen molar-refractivity contribution in [1.29, 1.82) is 0 Å². The average molecular weight is 387 g/mol. The van der Waals surface area contributed by atoms with E-state index in [4.69, 9.17) is 23.7 Å². The summed E-state index contributed by atoms with van der Waals surface area (Å²) in [7, 11) is 0. The maximum absolute atomic E-state index is 11.9. The molecule has 27 heavy (non-hydrogen) atoms. The van der Waals surface area contributed by atoms with Crippen LogP contribution in [0.4, 0.5) is 0 Å². The van der Waals surface area contributed by atoms with Crippen LogP contribution in [0.5, 0.6) is 0 Å². The van der Waals surface area contributed by atoms with Crippen molar-refractivity contribution in [3.8, 4) is 0 Å². The zero-order valence-corrected chi connectivity index (χ0v) is 16.1. The quantitative estimate of drug-likeness (QED) is 0.428. The molecule has 0 spiro atoms. The number of ether oxygens (including phenoxy) is 5. The van der Waals surface area contributed by atoms with Crippen LogP contribution in [-0.2, 0) is 42.9 Å². The Morgan fingerprint density at radius 3 is 1.74 bits per heavy atom. The van der Waals surface area contributed by atoms with Gasteiger partial charge in [-0.1, -0.05) is 27.7 Å². The molecule has 0 saturated carbocycles.